The molecule has 0 unspecified atom stereocenters. The van der Waals surface area contributed by atoms with E-state index in [4.69, 9.17) is 13.1 Å². The van der Waals surface area contributed by atoms with Crippen LogP contribution >= 0.6 is 0 Å². The highest BCUT2D eigenvalue weighted by Gasteiger charge is 2.12. The molecule has 0 amide bonds. The van der Waals surface area contributed by atoms with Gasteiger partial charge < -0.3 is 0 Å². The van der Waals surface area contributed by atoms with E-state index < -0.39 is 0 Å². The summed E-state index contributed by atoms with van der Waals surface area (Å²) in [6.07, 6.45) is 0. The average Bonchev–Trinajstić information content (AvgIpc) is 3.14. The van der Waals surface area contributed by atoms with Crippen molar-refractivity contribution in [3.05, 3.63) is 166 Å². The molecule has 46 heavy (non-hydrogen) atoms. The lowest BCUT2D eigenvalue weighted by molar-refractivity contribution is 1.50. The molecule has 0 atom stereocenters. The van der Waals surface area contributed by atoms with Gasteiger partial charge in [0.1, 0.15) is 0 Å². The van der Waals surface area contributed by atoms with Crippen molar-refractivity contribution in [3.8, 4) is 12.1 Å². The maximum Gasteiger partial charge on any atom is 0.212 e. The van der Waals surface area contributed by atoms with Gasteiger partial charge in [0.15, 0.2) is 0 Å². The fourth-order valence-electron chi connectivity index (χ4n) is 3.44. The molecule has 4 nitrogen and oxygen atoms in total. The van der Waals surface area contributed by atoms with Gasteiger partial charge in [-0.3, -0.25) is 0 Å². The lowest BCUT2D eigenvalue weighted by Gasteiger charge is -2.03. The largest absolute Gasteiger partial charge is 0.236 e. The van der Waals surface area contributed by atoms with Gasteiger partial charge in [0.2, 0.25) is 11.4 Å². The number of allylic oxidation sites excluding steroid dienone is 2. The Kier molecular flexibility index (Phi) is 33.1. The number of benzene rings is 4. The number of rotatable bonds is 4. The monoisotopic (exact) mass is 612 g/mol. The molecule has 0 aliphatic heterocycles. The molecule has 4 rings (SSSR count). The van der Waals surface area contributed by atoms with Gasteiger partial charge in [-0.1, -0.05) is 192 Å². The van der Waals surface area contributed by atoms with Gasteiger partial charge in [-0.25, -0.2) is 9.69 Å². The number of hydrogen-bond donors (Lipinski definition) is 0. The van der Waals surface area contributed by atoms with Crippen LogP contribution in [0.15, 0.2) is 121 Å². The summed E-state index contributed by atoms with van der Waals surface area (Å²) in [6, 6.07) is 41.4. The van der Waals surface area contributed by atoms with Gasteiger partial charge >= 0.3 is 0 Å². The van der Waals surface area contributed by atoms with Crippen LogP contribution in [0, 0.1) is 35.8 Å². The fraction of sp³-hybridized carbons (Fsp3) is 0.238. The van der Waals surface area contributed by atoms with E-state index >= 15 is 0 Å². The molecule has 4 aromatic carbocycles. The highest BCUT2D eigenvalue weighted by atomic mass is 14.7. The molecule has 0 aromatic heterocycles. The third kappa shape index (κ3) is 15.7. The summed E-state index contributed by atoms with van der Waals surface area (Å²) in [4.78, 5) is 7.03. The van der Waals surface area contributed by atoms with E-state index in [1.165, 1.54) is 0 Å². The predicted molar refractivity (Wildman–Crippen MR) is 203 cm³/mol. The Bertz CT molecular complexity index is 1290. The SMILES string of the molecule is C.C.CC.CC.CC.CC.[C-]#[N+]/C(=C(/C#N)c1ccccc1)c1ccccc1.[C-]#[N+]/C(=C(/C#N)c1ccccc1)c1ccccc1. The number of nitriles is 2. The van der Waals surface area contributed by atoms with Crippen molar-refractivity contribution in [2.24, 2.45) is 0 Å². The molecule has 0 saturated heterocycles. The molecule has 0 aliphatic carbocycles. The maximum atomic E-state index is 9.29. The molecule has 0 N–H and O–H groups in total. The lowest BCUT2D eigenvalue weighted by atomic mass is 10.0. The quantitative estimate of drug-likeness (QED) is 0.131. The minimum Gasteiger partial charge on any atom is -0.236 e. The summed E-state index contributed by atoms with van der Waals surface area (Å²) < 4.78 is 0. The highest BCUT2D eigenvalue weighted by Crippen LogP contribution is 2.28. The Morgan fingerprint density at radius 1 is 0.413 bits per heavy atom. The van der Waals surface area contributed by atoms with Crippen LogP contribution in [0.4, 0.5) is 0 Å². The molecule has 0 bridgehead atoms. The Hall–Kier alpha value is -5.68. The average molecular weight is 613 g/mol. The van der Waals surface area contributed by atoms with Crippen LogP contribution < -0.4 is 0 Å². The van der Waals surface area contributed by atoms with E-state index in [0.717, 1.165) is 22.3 Å². The minimum absolute atomic E-state index is 0. The summed E-state index contributed by atoms with van der Waals surface area (Å²) in [7, 11) is 0. The smallest absolute Gasteiger partial charge is 0.212 e. The Labute approximate surface area is 281 Å². The van der Waals surface area contributed by atoms with Crippen molar-refractivity contribution in [3.63, 3.8) is 0 Å². The van der Waals surface area contributed by atoms with Crippen molar-refractivity contribution < 1.29 is 0 Å². The molecular formula is C42H52N4. The van der Waals surface area contributed by atoms with Gasteiger partial charge in [-0.2, -0.15) is 10.5 Å². The first-order valence-electron chi connectivity index (χ1n) is 15.0. The molecule has 0 radical (unpaired) electrons. The van der Waals surface area contributed by atoms with Crippen molar-refractivity contribution >= 4 is 22.5 Å². The Morgan fingerprint density at radius 2 is 0.609 bits per heavy atom. The molecule has 0 heterocycles. The molecule has 0 fully saturated rings. The second-order valence-electron chi connectivity index (χ2n) is 7.36. The number of nitrogens with zero attached hydrogens (tertiary/aromatic N) is 4. The molecule has 240 valence electrons. The summed E-state index contributed by atoms with van der Waals surface area (Å²) in [6.45, 7) is 30.6. The van der Waals surface area contributed by atoms with Gasteiger partial charge in [-0.15, -0.1) is 0 Å². The normalized spacial score (nSPS) is 9.13. The molecule has 4 heteroatoms. The first-order chi connectivity index (χ1) is 21.7. The van der Waals surface area contributed by atoms with Gasteiger partial charge in [0.05, 0.1) is 36.4 Å². The van der Waals surface area contributed by atoms with Crippen LogP contribution in [-0.4, -0.2) is 0 Å². The Balaban J connectivity index is -0.000000304. The maximum absolute atomic E-state index is 9.29. The van der Waals surface area contributed by atoms with Crippen LogP contribution in [0.1, 0.15) is 92.5 Å². The first kappa shape index (κ1) is 47.3. The summed E-state index contributed by atoms with van der Waals surface area (Å²) in [5, 5.41) is 18.6. The van der Waals surface area contributed by atoms with Gasteiger partial charge in [0, 0.05) is 0 Å². The number of hydrogen-bond acceptors (Lipinski definition) is 2. The van der Waals surface area contributed by atoms with Crippen LogP contribution in [0.25, 0.3) is 32.2 Å². The van der Waals surface area contributed by atoms with Crippen LogP contribution in [0.5, 0.6) is 0 Å². The topological polar surface area (TPSA) is 56.3 Å². The van der Waals surface area contributed by atoms with Crippen molar-refractivity contribution in [1.29, 1.82) is 10.5 Å². The van der Waals surface area contributed by atoms with Crippen molar-refractivity contribution in [2.45, 2.75) is 70.2 Å². The highest BCUT2D eigenvalue weighted by molar-refractivity contribution is 6.00. The summed E-state index contributed by atoms with van der Waals surface area (Å²) >= 11 is 0. The fourth-order valence-corrected chi connectivity index (χ4v) is 3.44. The van der Waals surface area contributed by atoms with E-state index in [-0.39, 0.29) is 14.9 Å². The summed E-state index contributed by atoms with van der Waals surface area (Å²) in [5.74, 6) is 0. The standard InChI is InChI=1S/2C16H10N2.4C2H6.2CH4/c2*1-18-16(14-10-6-3-7-11-14)15(12-17)13-8-4-2-5-9-13;4*1-2;;/h2*2-11H;4*1-2H3;2*1H4/b2*16-15-;;;;;;. The van der Waals surface area contributed by atoms with Crippen molar-refractivity contribution in [1.82, 2.24) is 0 Å². The van der Waals surface area contributed by atoms with Gasteiger partial charge in [0.25, 0.3) is 0 Å². The van der Waals surface area contributed by atoms with E-state index in [1.807, 2.05) is 177 Å². The second kappa shape index (κ2) is 32.2. The molecule has 4 aromatic rings. The van der Waals surface area contributed by atoms with Crippen LogP contribution in [-0.2, 0) is 0 Å². The molecule has 0 aliphatic rings. The van der Waals surface area contributed by atoms with Crippen LogP contribution in [0.2, 0.25) is 0 Å². The van der Waals surface area contributed by atoms with Crippen LogP contribution in [0.3, 0.4) is 0 Å². The molecule has 0 spiro atoms. The third-order valence-corrected chi connectivity index (χ3v) is 5.14. The zero-order valence-corrected chi connectivity index (χ0v) is 27.3. The lowest BCUT2D eigenvalue weighted by Crippen LogP contribution is -1.87. The van der Waals surface area contributed by atoms with Gasteiger partial charge in [-0.05, 0) is 22.3 Å². The third-order valence-electron chi connectivity index (χ3n) is 5.14. The van der Waals surface area contributed by atoms with E-state index in [1.54, 1.807) is 0 Å². The molecule has 0 saturated carbocycles. The van der Waals surface area contributed by atoms with E-state index in [0.29, 0.717) is 22.5 Å². The predicted octanol–water partition coefficient (Wildman–Crippen LogP) is 13.4. The van der Waals surface area contributed by atoms with E-state index in [9.17, 15) is 10.5 Å². The van der Waals surface area contributed by atoms with E-state index in [2.05, 4.69) is 21.8 Å². The minimum atomic E-state index is 0. The Morgan fingerprint density at radius 3 is 0.783 bits per heavy atom. The summed E-state index contributed by atoms with van der Waals surface area (Å²) in [5.41, 5.74) is 4.70. The molecular weight excluding hydrogens is 560 g/mol. The zero-order chi connectivity index (χ0) is 33.6. The second-order valence-corrected chi connectivity index (χ2v) is 7.36. The van der Waals surface area contributed by atoms with Crippen molar-refractivity contribution in [2.75, 3.05) is 0 Å². The zero-order valence-electron chi connectivity index (χ0n) is 27.3. The first-order valence-corrected chi connectivity index (χ1v) is 15.0.